The fourth-order valence-corrected chi connectivity index (χ4v) is 4.50. The largest absolute Gasteiger partial charge is 0.377 e. The molecule has 3 aliphatic rings. The quantitative estimate of drug-likeness (QED) is 0.773. The number of carbonyl (C=O) groups excluding carboxylic acids is 1. The van der Waals surface area contributed by atoms with Gasteiger partial charge in [0.1, 0.15) is 5.54 Å². The first-order valence-corrected chi connectivity index (χ1v) is 8.20. The summed E-state index contributed by atoms with van der Waals surface area (Å²) in [5.74, 6) is 0.322. The van der Waals surface area contributed by atoms with Crippen LogP contribution in [0.5, 0.6) is 0 Å². The van der Waals surface area contributed by atoms with Crippen LogP contribution in [0.15, 0.2) is 0 Å². The third-order valence-corrected chi connectivity index (χ3v) is 6.29. The van der Waals surface area contributed by atoms with Crippen molar-refractivity contribution in [2.24, 2.45) is 17.1 Å². The highest BCUT2D eigenvalue weighted by Gasteiger charge is 2.70. The van der Waals surface area contributed by atoms with Gasteiger partial charge in [0.05, 0.1) is 6.10 Å². The van der Waals surface area contributed by atoms with Gasteiger partial charge >= 0.3 is 0 Å². The van der Waals surface area contributed by atoms with E-state index < -0.39 is 5.54 Å². The monoisotopic (exact) mass is 295 g/mol. The van der Waals surface area contributed by atoms with Crippen LogP contribution in [0.1, 0.15) is 33.6 Å². The zero-order valence-electron chi connectivity index (χ0n) is 13.8. The summed E-state index contributed by atoms with van der Waals surface area (Å²) in [4.78, 5) is 17.4. The SMILES string of the molecule is CC1CN(C(=O)C2(N)C3CCCOC3C2(C)C)CCN1C. The first-order valence-electron chi connectivity index (χ1n) is 8.20. The van der Waals surface area contributed by atoms with Crippen LogP contribution in [0.4, 0.5) is 0 Å². The number of piperazine rings is 1. The minimum absolute atomic E-state index is 0.138. The number of hydrogen-bond donors (Lipinski definition) is 1. The number of nitrogens with two attached hydrogens (primary N) is 1. The average molecular weight is 295 g/mol. The molecule has 0 spiro atoms. The Bertz CT molecular complexity index is 439. The molecule has 2 N–H and O–H groups in total. The number of likely N-dealkylation sites (N-methyl/N-ethyl adjacent to an activating group) is 1. The van der Waals surface area contributed by atoms with Crippen LogP contribution >= 0.6 is 0 Å². The van der Waals surface area contributed by atoms with Crippen LogP contribution in [0.25, 0.3) is 0 Å². The summed E-state index contributed by atoms with van der Waals surface area (Å²) in [6, 6.07) is 0.396. The molecule has 0 aromatic carbocycles. The Hall–Kier alpha value is -0.650. The van der Waals surface area contributed by atoms with E-state index in [4.69, 9.17) is 10.5 Å². The smallest absolute Gasteiger partial charge is 0.243 e. The Balaban J connectivity index is 1.80. The van der Waals surface area contributed by atoms with Crippen molar-refractivity contribution in [1.82, 2.24) is 9.80 Å². The predicted molar refractivity (Wildman–Crippen MR) is 81.8 cm³/mol. The molecule has 0 aromatic rings. The Morgan fingerprint density at radius 1 is 1.33 bits per heavy atom. The highest BCUT2D eigenvalue weighted by molar-refractivity contribution is 5.89. The van der Waals surface area contributed by atoms with E-state index in [9.17, 15) is 4.79 Å². The van der Waals surface area contributed by atoms with Crippen molar-refractivity contribution in [3.8, 4) is 0 Å². The van der Waals surface area contributed by atoms with E-state index in [1.54, 1.807) is 0 Å². The molecule has 21 heavy (non-hydrogen) atoms. The molecule has 0 radical (unpaired) electrons. The second-order valence-corrected chi connectivity index (χ2v) is 7.71. The molecule has 2 saturated heterocycles. The molecule has 4 unspecified atom stereocenters. The number of carbonyl (C=O) groups is 1. The fourth-order valence-electron chi connectivity index (χ4n) is 4.50. The summed E-state index contributed by atoms with van der Waals surface area (Å²) in [6.07, 6.45) is 2.17. The van der Waals surface area contributed by atoms with Gasteiger partial charge < -0.3 is 20.3 Å². The summed E-state index contributed by atoms with van der Waals surface area (Å²) in [5, 5.41) is 0. The van der Waals surface area contributed by atoms with E-state index in [0.29, 0.717) is 6.04 Å². The predicted octanol–water partition coefficient (Wildman–Crippen LogP) is 0.681. The Labute approximate surface area is 127 Å². The minimum Gasteiger partial charge on any atom is -0.377 e. The molecule has 3 rings (SSSR count). The maximum atomic E-state index is 13.2. The third kappa shape index (κ3) is 1.97. The van der Waals surface area contributed by atoms with Crippen LogP contribution < -0.4 is 5.73 Å². The first kappa shape index (κ1) is 15.3. The van der Waals surface area contributed by atoms with Crippen molar-refractivity contribution < 1.29 is 9.53 Å². The topological polar surface area (TPSA) is 58.8 Å². The van der Waals surface area contributed by atoms with Gasteiger partial charge in [-0.1, -0.05) is 13.8 Å². The van der Waals surface area contributed by atoms with Crippen molar-refractivity contribution in [3.05, 3.63) is 0 Å². The first-order chi connectivity index (χ1) is 9.80. The molecule has 2 aliphatic heterocycles. The van der Waals surface area contributed by atoms with E-state index in [1.807, 2.05) is 4.90 Å². The lowest BCUT2D eigenvalue weighted by molar-refractivity contribution is -0.231. The highest BCUT2D eigenvalue weighted by atomic mass is 16.5. The molecule has 4 atom stereocenters. The molecule has 1 amide bonds. The lowest BCUT2D eigenvalue weighted by Crippen LogP contribution is -2.83. The third-order valence-electron chi connectivity index (χ3n) is 6.29. The zero-order chi connectivity index (χ0) is 15.4. The van der Waals surface area contributed by atoms with Gasteiger partial charge in [-0.05, 0) is 26.8 Å². The number of rotatable bonds is 1. The van der Waals surface area contributed by atoms with Crippen LogP contribution in [0.3, 0.4) is 0 Å². The second kappa shape index (κ2) is 4.93. The average Bonchev–Trinajstić information content (AvgIpc) is 2.48. The Kier molecular flexibility index (Phi) is 3.58. The molecule has 3 fully saturated rings. The van der Waals surface area contributed by atoms with Gasteiger partial charge in [-0.3, -0.25) is 4.79 Å². The molecule has 5 nitrogen and oxygen atoms in total. The number of fused-ring (bicyclic) bond motifs is 1. The molecular weight excluding hydrogens is 266 g/mol. The van der Waals surface area contributed by atoms with Gasteiger partial charge in [-0.2, -0.15) is 0 Å². The maximum Gasteiger partial charge on any atom is 0.243 e. The normalized spacial score (nSPS) is 43.1. The fraction of sp³-hybridized carbons (Fsp3) is 0.938. The summed E-state index contributed by atoms with van der Waals surface area (Å²) < 4.78 is 5.90. The van der Waals surface area contributed by atoms with Crippen molar-refractivity contribution in [3.63, 3.8) is 0 Å². The lowest BCUT2D eigenvalue weighted by Gasteiger charge is -2.66. The van der Waals surface area contributed by atoms with E-state index in [1.165, 1.54) is 0 Å². The Morgan fingerprint density at radius 3 is 2.71 bits per heavy atom. The van der Waals surface area contributed by atoms with E-state index in [-0.39, 0.29) is 23.3 Å². The standard InChI is InChI=1S/C16H29N3O2/c1-11-10-19(8-7-18(11)4)14(20)16(17)12-6-5-9-21-13(12)15(16,2)3/h11-13H,5-10,17H2,1-4H3. The van der Waals surface area contributed by atoms with Crippen LogP contribution in [0, 0.1) is 11.3 Å². The van der Waals surface area contributed by atoms with Crippen molar-refractivity contribution in [2.75, 3.05) is 33.3 Å². The highest BCUT2D eigenvalue weighted by Crippen LogP contribution is 2.58. The van der Waals surface area contributed by atoms with Gasteiger partial charge in [0, 0.05) is 43.6 Å². The summed E-state index contributed by atoms with van der Waals surface area (Å²) >= 11 is 0. The van der Waals surface area contributed by atoms with Gasteiger partial charge in [0.25, 0.3) is 0 Å². The van der Waals surface area contributed by atoms with Crippen LogP contribution in [0.2, 0.25) is 0 Å². The van der Waals surface area contributed by atoms with Crippen LogP contribution in [-0.4, -0.2) is 66.7 Å². The van der Waals surface area contributed by atoms with Crippen LogP contribution in [-0.2, 0) is 9.53 Å². The molecule has 2 heterocycles. The lowest BCUT2D eigenvalue weighted by atomic mass is 9.46. The maximum absolute atomic E-state index is 13.2. The van der Waals surface area contributed by atoms with Gasteiger partial charge in [-0.25, -0.2) is 0 Å². The van der Waals surface area contributed by atoms with Crippen molar-refractivity contribution >= 4 is 5.91 Å². The summed E-state index contributed by atoms with van der Waals surface area (Å²) in [7, 11) is 2.11. The zero-order valence-corrected chi connectivity index (χ0v) is 13.8. The molecule has 5 heteroatoms. The van der Waals surface area contributed by atoms with Gasteiger partial charge in [0.15, 0.2) is 0 Å². The van der Waals surface area contributed by atoms with Crippen molar-refractivity contribution in [2.45, 2.75) is 51.3 Å². The van der Waals surface area contributed by atoms with Gasteiger partial charge in [-0.15, -0.1) is 0 Å². The number of nitrogens with zero attached hydrogens (tertiary/aromatic N) is 2. The van der Waals surface area contributed by atoms with E-state index >= 15 is 0 Å². The van der Waals surface area contributed by atoms with Crippen molar-refractivity contribution in [1.29, 1.82) is 0 Å². The molecule has 0 bridgehead atoms. The van der Waals surface area contributed by atoms with Gasteiger partial charge in [0.2, 0.25) is 5.91 Å². The second-order valence-electron chi connectivity index (χ2n) is 7.71. The molecule has 1 saturated carbocycles. The number of ether oxygens (including phenoxy) is 1. The van der Waals surface area contributed by atoms with E-state index in [2.05, 4.69) is 32.7 Å². The number of amides is 1. The summed E-state index contributed by atoms with van der Waals surface area (Å²) in [5.41, 5.74) is 5.67. The summed E-state index contributed by atoms with van der Waals surface area (Å²) in [6.45, 7) is 9.65. The Morgan fingerprint density at radius 2 is 2.05 bits per heavy atom. The minimum atomic E-state index is -0.756. The molecule has 120 valence electrons. The molecule has 0 aromatic heterocycles. The van der Waals surface area contributed by atoms with E-state index in [0.717, 1.165) is 39.1 Å². The number of hydrogen-bond acceptors (Lipinski definition) is 4. The molecular formula is C16H29N3O2. The molecule has 1 aliphatic carbocycles.